The molecule has 0 heterocycles. The summed E-state index contributed by atoms with van der Waals surface area (Å²) in [6.07, 6.45) is 0.345. The van der Waals surface area contributed by atoms with E-state index in [-0.39, 0.29) is 11.8 Å². The Bertz CT molecular complexity index is 746. The molecule has 5 heteroatoms. The molecule has 0 aliphatic rings. The number of hydrogen-bond donors (Lipinski definition) is 1. The Morgan fingerprint density at radius 2 is 1.68 bits per heavy atom. The van der Waals surface area contributed by atoms with Gasteiger partial charge in [0.25, 0.3) is 0 Å². The van der Waals surface area contributed by atoms with Crippen molar-refractivity contribution in [1.82, 2.24) is 10.2 Å². The van der Waals surface area contributed by atoms with Crippen molar-refractivity contribution in [3.05, 3.63) is 70.2 Å². The first-order valence-corrected chi connectivity index (χ1v) is 8.65. The average molecular weight is 359 g/mol. The molecule has 0 aromatic heterocycles. The quantitative estimate of drug-likeness (QED) is 0.825. The number of carbonyl (C=O) groups is 2. The highest BCUT2D eigenvalue weighted by molar-refractivity contribution is 6.31. The molecule has 2 aromatic carbocycles. The molecule has 0 saturated carbocycles. The van der Waals surface area contributed by atoms with Crippen LogP contribution >= 0.6 is 11.6 Å². The summed E-state index contributed by atoms with van der Waals surface area (Å²) < 4.78 is 0. The van der Waals surface area contributed by atoms with Crippen molar-refractivity contribution in [2.24, 2.45) is 0 Å². The second kappa shape index (κ2) is 9.23. The smallest absolute Gasteiger partial charge is 0.224 e. The van der Waals surface area contributed by atoms with Crippen molar-refractivity contribution in [3.8, 4) is 0 Å². The van der Waals surface area contributed by atoms with Crippen molar-refractivity contribution in [1.29, 1.82) is 0 Å². The third-order valence-corrected chi connectivity index (χ3v) is 4.45. The fourth-order valence-corrected chi connectivity index (χ4v) is 2.75. The maximum absolute atomic E-state index is 12.1. The molecule has 0 saturated heterocycles. The minimum atomic E-state index is -0.0481. The molecular formula is C20H23ClN2O2. The third-order valence-electron chi connectivity index (χ3n) is 4.08. The molecule has 0 spiro atoms. The number of benzene rings is 2. The van der Waals surface area contributed by atoms with E-state index >= 15 is 0 Å². The number of aryl methyl sites for hydroxylation is 1. The average Bonchev–Trinajstić information content (AvgIpc) is 2.57. The van der Waals surface area contributed by atoms with Gasteiger partial charge in [-0.3, -0.25) is 9.59 Å². The lowest BCUT2D eigenvalue weighted by Gasteiger charge is -2.22. The number of rotatable bonds is 7. The number of nitrogens with zero attached hydrogens (tertiary/aromatic N) is 1. The fourth-order valence-electron chi connectivity index (χ4n) is 2.55. The molecular weight excluding hydrogens is 336 g/mol. The molecule has 2 rings (SSSR count). The molecule has 0 aliphatic heterocycles. The summed E-state index contributed by atoms with van der Waals surface area (Å²) in [5.41, 5.74) is 3.01. The molecule has 1 N–H and O–H groups in total. The topological polar surface area (TPSA) is 49.4 Å². The van der Waals surface area contributed by atoms with Crippen LogP contribution in [0.3, 0.4) is 0 Å². The third kappa shape index (κ3) is 5.91. The zero-order valence-electron chi connectivity index (χ0n) is 14.6. The normalized spacial score (nSPS) is 10.4. The van der Waals surface area contributed by atoms with E-state index in [0.717, 1.165) is 16.7 Å². The number of amides is 2. The minimum Gasteiger partial charge on any atom is -0.354 e. The van der Waals surface area contributed by atoms with Crippen LogP contribution < -0.4 is 5.32 Å². The van der Waals surface area contributed by atoms with E-state index in [0.29, 0.717) is 31.1 Å². The molecule has 132 valence electrons. The van der Waals surface area contributed by atoms with Gasteiger partial charge in [-0.2, -0.15) is 0 Å². The molecule has 0 unspecified atom stereocenters. The van der Waals surface area contributed by atoms with E-state index in [2.05, 4.69) is 5.32 Å². The second-order valence-electron chi connectivity index (χ2n) is 5.99. The van der Waals surface area contributed by atoms with Gasteiger partial charge in [-0.1, -0.05) is 54.1 Å². The van der Waals surface area contributed by atoms with Crippen LogP contribution in [0.1, 0.15) is 23.6 Å². The Morgan fingerprint density at radius 1 is 1.04 bits per heavy atom. The zero-order chi connectivity index (χ0) is 18.2. The predicted molar refractivity (Wildman–Crippen MR) is 100 cm³/mol. The molecule has 0 aliphatic carbocycles. The minimum absolute atomic E-state index is 0.0458. The van der Waals surface area contributed by atoms with Gasteiger partial charge in [0.05, 0.1) is 6.42 Å². The maximum atomic E-state index is 12.1. The lowest BCUT2D eigenvalue weighted by atomic mass is 10.1. The van der Waals surface area contributed by atoms with E-state index in [1.807, 2.05) is 49.4 Å². The van der Waals surface area contributed by atoms with Crippen LogP contribution in [-0.4, -0.2) is 29.8 Å². The van der Waals surface area contributed by atoms with Crippen molar-refractivity contribution in [2.75, 3.05) is 13.1 Å². The van der Waals surface area contributed by atoms with E-state index in [4.69, 9.17) is 11.6 Å². The first-order chi connectivity index (χ1) is 12.0. The van der Waals surface area contributed by atoms with Crippen molar-refractivity contribution >= 4 is 23.4 Å². The van der Waals surface area contributed by atoms with Crippen LogP contribution in [0.25, 0.3) is 0 Å². The molecule has 2 amide bonds. The van der Waals surface area contributed by atoms with Crippen molar-refractivity contribution in [3.63, 3.8) is 0 Å². The number of carbonyl (C=O) groups excluding carboxylic acids is 2. The Kier molecular flexibility index (Phi) is 7.02. The Morgan fingerprint density at radius 3 is 2.32 bits per heavy atom. The molecule has 0 fully saturated rings. The van der Waals surface area contributed by atoms with Gasteiger partial charge in [-0.25, -0.2) is 0 Å². The van der Waals surface area contributed by atoms with Crippen LogP contribution in [0.4, 0.5) is 0 Å². The van der Waals surface area contributed by atoms with Gasteiger partial charge in [-0.05, 0) is 29.7 Å². The molecule has 4 nitrogen and oxygen atoms in total. The highest BCUT2D eigenvalue weighted by Crippen LogP contribution is 2.17. The standard InChI is InChI=1S/C20H23ClN2O2/c1-15-7-3-4-8-17(15)13-20(25)22-11-12-23(16(2)24)14-18-9-5-6-10-19(18)21/h3-10H,11-14H2,1-2H3,(H,22,25). The highest BCUT2D eigenvalue weighted by atomic mass is 35.5. The van der Waals surface area contributed by atoms with E-state index in [1.54, 1.807) is 11.0 Å². The Labute approximate surface area is 153 Å². The van der Waals surface area contributed by atoms with Gasteiger partial charge in [0.2, 0.25) is 11.8 Å². The monoisotopic (exact) mass is 358 g/mol. The van der Waals surface area contributed by atoms with Gasteiger partial charge >= 0.3 is 0 Å². The van der Waals surface area contributed by atoms with E-state index < -0.39 is 0 Å². The molecule has 0 atom stereocenters. The lowest BCUT2D eigenvalue weighted by molar-refractivity contribution is -0.130. The summed E-state index contributed by atoms with van der Waals surface area (Å²) >= 11 is 6.15. The highest BCUT2D eigenvalue weighted by Gasteiger charge is 2.12. The van der Waals surface area contributed by atoms with Gasteiger partial charge in [0.1, 0.15) is 0 Å². The van der Waals surface area contributed by atoms with Crippen molar-refractivity contribution < 1.29 is 9.59 Å². The summed E-state index contributed by atoms with van der Waals surface area (Å²) in [4.78, 5) is 25.6. The second-order valence-corrected chi connectivity index (χ2v) is 6.39. The largest absolute Gasteiger partial charge is 0.354 e. The van der Waals surface area contributed by atoms with Crippen LogP contribution in [0, 0.1) is 6.92 Å². The maximum Gasteiger partial charge on any atom is 0.224 e. The van der Waals surface area contributed by atoms with Crippen LogP contribution in [0.15, 0.2) is 48.5 Å². The number of nitrogens with one attached hydrogen (secondary N) is 1. The molecule has 2 aromatic rings. The van der Waals surface area contributed by atoms with Gasteiger partial charge in [0.15, 0.2) is 0 Å². The van der Waals surface area contributed by atoms with Crippen LogP contribution in [0.5, 0.6) is 0 Å². The summed E-state index contributed by atoms with van der Waals surface area (Å²) in [7, 11) is 0. The first kappa shape index (κ1) is 19.0. The summed E-state index contributed by atoms with van der Waals surface area (Å²) in [5, 5.41) is 3.51. The first-order valence-electron chi connectivity index (χ1n) is 8.27. The van der Waals surface area contributed by atoms with E-state index in [1.165, 1.54) is 6.92 Å². The number of hydrogen-bond acceptors (Lipinski definition) is 2. The molecule has 0 bridgehead atoms. The number of halogens is 1. The summed E-state index contributed by atoms with van der Waals surface area (Å²) in [5.74, 6) is -0.0939. The SMILES string of the molecule is CC(=O)N(CCNC(=O)Cc1ccccc1C)Cc1ccccc1Cl. The zero-order valence-corrected chi connectivity index (χ0v) is 15.3. The Balaban J connectivity index is 1.85. The van der Waals surface area contributed by atoms with Crippen molar-refractivity contribution in [2.45, 2.75) is 26.8 Å². The van der Waals surface area contributed by atoms with Crippen LogP contribution in [-0.2, 0) is 22.6 Å². The van der Waals surface area contributed by atoms with E-state index in [9.17, 15) is 9.59 Å². The lowest BCUT2D eigenvalue weighted by Crippen LogP contribution is -2.37. The Hall–Kier alpha value is -2.33. The van der Waals surface area contributed by atoms with Gasteiger partial charge in [0, 0.05) is 31.6 Å². The van der Waals surface area contributed by atoms with Gasteiger partial charge in [-0.15, -0.1) is 0 Å². The molecule has 0 radical (unpaired) electrons. The van der Waals surface area contributed by atoms with Gasteiger partial charge < -0.3 is 10.2 Å². The van der Waals surface area contributed by atoms with Crippen LogP contribution in [0.2, 0.25) is 5.02 Å². The summed E-state index contributed by atoms with van der Waals surface area (Å²) in [6, 6.07) is 15.3. The predicted octanol–water partition coefficient (Wildman–Crippen LogP) is 3.36. The molecule has 25 heavy (non-hydrogen) atoms. The summed E-state index contributed by atoms with van der Waals surface area (Å²) in [6.45, 7) is 4.80. The fraction of sp³-hybridized carbons (Fsp3) is 0.300.